The third-order valence-corrected chi connectivity index (χ3v) is 3.93. The second-order valence-corrected chi connectivity index (χ2v) is 5.69. The molecule has 0 radical (unpaired) electrons. The van der Waals surface area contributed by atoms with Gasteiger partial charge in [0.05, 0.1) is 6.54 Å². The summed E-state index contributed by atoms with van der Waals surface area (Å²) < 4.78 is 18.5. The molecular formula is C16H23FN2O2. The van der Waals surface area contributed by atoms with Crippen LogP contribution in [-0.4, -0.2) is 37.0 Å². The van der Waals surface area contributed by atoms with Crippen LogP contribution in [0, 0.1) is 11.7 Å². The first kappa shape index (κ1) is 15.8. The summed E-state index contributed by atoms with van der Waals surface area (Å²) in [5.41, 5.74) is 5.92. The van der Waals surface area contributed by atoms with E-state index in [0.29, 0.717) is 18.9 Å². The number of hydrogen-bond donors (Lipinski definition) is 1. The second kappa shape index (κ2) is 7.41. The summed E-state index contributed by atoms with van der Waals surface area (Å²) in [5.74, 6) is 0.324. The third kappa shape index (κ3) is 4.70. The van der Waals surface area contributed by atoms with Crippen molar-refractivity contribution in [1.29, 1.82) is 0 Å². The molecule has 21 heavy (non-hydrogen) atoms. The minimum Gasteiger partial charge on any atom is -0.492 e. The van der Waals surface area contributed by atoms with Gasteiger partial charge in [-0.3, -0.25) is 4.79 Å². The molecule has 0 spiro atoms. The fourth-order valence-corrected chi connectivity index (χ4v) is 2.73. The van der Waals surface area contributed by atoms with Crippen LogP contribution >= 0.6 is 0 Å². The lowest BCUT2D eigenvalue weighted by atomic mass is 9.85. The van der Waals surface area contributed by atoms with Crippen molar-refractivity contribution in [3.8, 4) is 5.75 Å². The zero-order valence-corrected chi connectivity index (χ0v) is 12.4. The molecule has 4 nitrogen and oxygen atoms in total. The molecule has 2 unspecified atom stereocenters. The minimum atomic E-state index is -0.326. The van der Waals surface area contributed by atoms with Crippen LogP contribution in [0.15, 0.2) is 24.3 Å². The molecule has 1 aromatic carbocycles. The number of halogens is 1. The molecule has 0 heterocycles. The maximum atomic E-state index is 13.0. The molecule has 0 bridgehead atoms. The van der Waals surface area contributed by atoms with E-state index >= 15 is 0 Å². The molecule has 116 valence electrons. The Bertz CT molecular complexity index is 481. The maximum absolute atomic E-state index is 13.0. The molecule has 2 N–H and O–H groups in total. The quantitative estimate of drug-likeness (QED) is 0.905. The van der Waals surface area contributed by atoms with Crippen molar-refractivity contribution in [3.05, 3.63) is 30.1 Å². The van der Waals surface area contributed by atoms with Gasteiger partial charge < -0.3 is 15.4 Å². The highest BCUT2D eigenvalue weighted by atomic mass is 19.1. The number of nitrogens with zero attached hydrogens (tertiary/aromatic N) is 1. The summed E-state index contributed by atoms with van der Waals surface area (Å²) in [6.07, 6.45) is 3.72. The van der Waals surface area contributed by atoms with Crippen LogP contribution in [0.1, 0.15) is 25.7 Å². The molecule has 1 fully saturated rings. The van der Waals surface area contributed by atoms with Crippen LogP contribution < -0.4 is 10.5 Å². The Labute approximate surface area is 125 Å². The molecule has 1 aromatic rings. The molecule has 0 aromatic heterocycles. The van der Waals surface area contributed by atoms with E-state index in [2.05, 4.69) is 0 Å². The van der Waals surface area contributed by atoms with E-state index in [-0.39, 0.29) is 23.7 Å². The molecule has 1 saturated carbocycles. The zero-order chi connectivity index (χ0) is 15.2. The van der Waals surface area contributed by atoms with Gasteiger partial charge in [-0.1, -0.05) is 12.5 Å². The smallest absolute Gasteiger partial charge is 0.225 e. The lowest BCUT2D eigenvalue weighted by Gasteiger charge is -2.29. The maximum Gasteiger partial charge on any atom is 0.225 e. The Balaban J connectivity index is 1.76. The van der Waals surface area contributed by atoms with E-state index in [1.165, 1.54) is 12.1 Å². The van der Waals surface area contributed by atoms with Gasteiger partial charge in [-0.15, -0.1) is 0 Å². The van der Waals surface area contributed by atoms with Crippen molar-refractivity contribution < 1.29 is 13.9 Å². The van der Waals surface area contributed by atoms with Crippen LogP contribution in [0.25, 0.3) is 0 Å². The van der Waals surface area contributed by atoms with Crippen LogP contribution in [0.2, 0.25) is 0 Å². The molecule has 1 aliphatic rings. The Kier molecular flexibility index (Phi) is 5.56. The minimum absolute atomic E-state index is 0.0351. The van der Waals surface area contributed by atoms with Gasteiger partial charge in [0.1, 0.15) is 18.2 Å². The number of benzene rings is 1. The van der Waals surface area contributed by atoms with Crippen molar-refractivity contribution in [2.45, 2.75) is 31.7 Å². The predicted molar refractivity (Wildman–Crippen MR) is 79.5 cm³/mol. The third-order valence-electron chi connectivity index (χ3n) is 3.93. The monoisotopic (exact) mass is 294 g/mol. The topological polar surface area (TPSA) is 55.6 Å². The van der Waals surface area contributed by atoms with E-state index in [0.717, 1.165) is 25.7 Å². The summed E-state index contributed by atoms with van der Waals surface area (Å²) >= 11 is 0. The molecule has 1 amide bonds. The Morgan fingerprint density at radius 1 is 1.48 bits per heavy atom. The van der Waals surface area contributed by atoms with Gasteiger partial charge in [0.15, 0.2) is 0 Å². The number of nitrogens with two attached hydrogens (primary N) is 1. The van der Waals surface area contributed by atoms with E-state index in [4.69, 9.17) is 10.5 Å². The molecule has 0 saturated heterocycles. The predicted octanol–water partition coefficient (Wildman–Crippen LogP) is 2.18. The lowest BCUT2D eigenvalue weighted by molar-refractivity contribution is -0.135. The van der Waals surface area contributed by atoms with Crippen LogP contribution in [-0.2, 0) is 4.79 Å². The second-order valence-electron chi connectivity index (χ2n) is 5.69. The number of likely N-dealkylation sites (N-methyl/N-ethyl adjacent to an activating group) is 1. The highest BCUT2D eigenvalue weighted by Crippen LogP contribution is 2.24. The van der Waals surface area contributed by atoms with Crippen LogP contribution in [0.4, 0.5) is 4.39 Å². The van der Waals surface area contributed by atoms with Crippen LogP contribution in [0.3, 0.4) is 0 Å². The molecule has 2 rings (SSSR count). The van der Waals surface area contributed by atoms with E-state index < -0.39 is 0 Å². The Morgan fingerprint density at radius 2 is 2.29 bits per heavy atom. The summed E-state index contributed by atoms with van der Waals surface area (Å²) in [7, 11) is 1.78. The largest absolute Gasteiger partial charge is 0.492 e. The van der Waals surface area contributed by atoms with Gasteiger partial charge in [-0.2, -0.15) is 0 Å². The summed E-state index contributed by atoms with van der Waals surface area (Å²) in [6, 6.07) is 6.15. The first-order valence-electron chi connectivity index (χ1n) is 7.45. The van der Waals surface area contributed by atoms with Gasteiger partial charge in [-0.05, 0) is 31.4 Å². The average molecular weight is 294 g/mol. The Morgan fingerprint density at radius 3 is 3.00 bits per heavy atom. The SMILES string of the molecule is CN(CCOc1cccc(F)c1)C(=O)C1CCCC(N)C1. The van der Waals surface area contributed by atoms with Gasteiger partial charge in [0.25, 0.3) is 0 Å². The number of ether oxygens (including phenoxy) is 1. The fourth-order valence-electron chi connectivity index (χ4n) is 2.73. The first-order valence-corrected chi connectivity index (χ1v) is 7.45. The van der Waals surface area contributed by atoms with E-state index in [9.17, 15) is 9.18 Å². The lowest BCUT2D eigenvalue weighted by Crippen LogP contribution is -2.40. The van der Waals surface area contributed by atoms with Crippen molar-refractivity contribution >= 4 is 5.91 Å². The van der Waals surface area contributed by atoms with Crippen molar-refractivity contribution in [2.75, 3.05) is 20.2 Å². The summed E-state index contributed by atoms with van der Waals surface area (Å²) in [6.45, 7) is 0.839. The summed E-state index contributed by atoms with van der Waals surface area (Å²) in [5, 5.41) is 0. The van der Waals surface area contributed by atoms with Gasteiger partial charge in [0, 0.05) is 25.1 Å². The average Bonchev–Trinajstić information content (AvgIpc) is 2.46. The molecule has 1 aliphatic carbocycles. The zero-order valence-electron chi connectivity index (χ0n) is 12.4. The molecule has 0 aliphatic heterocycles. The van der Waals surface area contributed by atoms with Gasteiger partial charge in [-0.25, -0.2) is 4.39 Å². The standard InChI is InChI=1S/C16H23FN2O2/c1-19(16(20)12-4-2-6-14(18)10-12)8-9-21-15-7-3-5-13(17)11-15/h3,5,7,11-12,14H,2,4,6,8-10,18H2,1H3. The number of hydrogen-bond acceptors (Lipinski definition) is 3. The van der Waals surface area contributed by atoms with E-state index in [1.54, 1.807) is 24.1 Å². The van der Waals surface area contributed by atoms with Gasteiger partial charge in [0.2, 0.25) is 5.91 Å². The van der Waals surface area contributed by atoms with E-state index in [1.807, 2.05) is 0 Å². The molecule has 5 heteroatoms. The van der Waals surface area contributed by atoms with Crippen molar-refractivity contribution in [1.82, 2.24) is 4.90 Å². The van der Waals surface area contributed by atoms with Crippen LogP contribution in [0.5, 0.6) is 5.75 Å². The highest BCUT2D eigenvalue weighted by molar-refractivity contribution is 5.78. The Hall–Kier alpha value is -1.62. The molecular weight excluding hydrogens is 271 g/mol. The fraction of sp³-hybridized carbons (Fsp3) is 0.562. The summed E-state index contributed by atoms with van der Waals surface area (Å²) in [4.78, 5) is 14.0. The van der Waals surface area contributed by atoms with Crippen molar-refractivity contribution in [2.24, 2.45) is 11.7 Å². The number of carbonyl (C=O) groups excluding carboxylic acids is 1. The highest BCUT2D eigenvalue weighted by Gasteiger charge is 2.27. The first-order chi connectivity index (χ1) is 10.1. The number of rotatable bonds is 5. The van der Waals surface area contributed by atoms with Gasteiger partial charge >= 0.3 is 0 Å². The molecule has 2 atom stereocenters. The number of carbonyl (C=O) groups is 1. The normalized spacial score (nSPS) is 21.9. The number of amides is 1. The van der Waals surface area contributed by atoms with Crippen molar-refractivity contribution in [3.63, 3.8) is 0 Å².